The fraction of sp³-hybridized carbons (Fsp3) is 0.286. The Morgan fingerprint density at radius 2 is 2.06 bits per heavy atom. The van der Waals surface area contributed by atoms with E-state index in [0.717, 1.165) is 22.9 Å². The first-order valence-corrected chi connectivity index (χ1v) is 6.55. The molecule has 0 spiro atoms. The van der Waals surface area contributed by atoms with Gasteiger partial charge in [-0.3, -0.25) is 0 Å². The molecular formula is C14H13BrO2. The number of fused-ring (bicyclic) bond motifs is 1. The predicted molar refractivity (Wildman–Crippen MR) is 68.8 cm³/mol. The van der Waals surface area contributed by atoms with Gasteiger partial charge in [0.05, 0.1) is 10.7 Å². The molecule has 1 atom stereocenters. The molecule has 0 amide bonds. The van der Waals surface area contributed by atoms with Crippen LogP contribution in [0, 0.1) is 0 Å². The summed E-state index contributed by atoms with van der Waals surface area (Å²) in [4.78, 5) is 0. The summed E-state index contributed by atoms with van der Waals surface area (Å²) in [5.74, 6) is 0.615. The summed E-state index contributed by atoms with van der Waals surface area (Å²) in [5.41, 5.74) is 1.20. The molecule has 2 nitrogen and oxygen atoms in total. The Balaban J connectivity index is 2.19. The average molecular weight is 293 g/mol. The summed E-state index contributed by atoms with van der Waals surface area (Å²) in [6.45, 7) is 0. The highest BCUT2D eigenvalue weighted by molar-refractivity contribution is 9.10. The molecule has 0 bridgehead atoms. The van der Waals surface area contributed by atoms with E-state index in [2.05, 4.69) is 22.0 Å². The van der Waals surface area contributed by atoms with Gasteiger partial charge in [-0.2, -0.15) is 0 Å². The van der Waals surface area contributed by atoms with E-state index in [4.69, 9.17) is 4.42 Å². The fourth-order valence-corrected chi connectivity index (χ4v) is 3.17. The van der Waals surface area contributed by atoms with Gasteiger partial charge in [0.25, 0.3) is 0 Å². The molecule has 1 aromatic carbocycles. The lowest BCUT2D eigenvalue weighted by atomic mass is 9.78. The van der Waals surface area contributed by atoms with E-state index >= 15 is 0 Å². The number of aliphatic hydroxyl groups is 1. The Bertz CT molecular complexity index is 547. The van der Waals surface area contributed by atoms with Crippen LogP contribution in [0.3, 0.4) is 0 Å². The van der Waals surface area contributed by atoms with Gasteiger partial charge in [-0.25, -0.2) is 0 Å². The molecule has 88 valence electrons. The second kappa shape index (κ2) is 4.00. The smallest absolute Gasteiger partial charge is 0.154 e. The Morgan fingerprint density at radius 3 is 2.82 bits per heavy atom. The van der Waals surface area contributed by atoms with Crippen LogP contribution in [0.5, 0.6) is 0 Å². The second-order valence-corrected chi connectivity index (χ2v) is 5.32. The third-order valence-corrected chi connectivity index (χ3v) is 4.06. The molecule has 0 radical (unpaired) electrons. The number of rotatable bonds is 1. The van der Waals surface area contributed by atoms with Crippen molar-refractivity contribution in [2.75, 3.05) is 0 Å². The number of aryl methyl sites for hydroxylation is 1. The SMILES string of the molecule is OC1(c2occc2Br)CCCc2ccccc21. The molecule has 3 rings (SSSR count). The Kier molecular flexibility index (Phi) is 2.60. The van der Waals surface area contributed by atoms with Crippen LogP contribution in [0.15, 0.2) is 45.5 Å². The minimum Gasteiger partial charge on any atom is -0.465 e. The molecule has 0 saturated heterocycles. The summed E-state index contributed by atoms with van der Waals surface area (Å²) in [5, 5.41) is 10.9. The van der Waals surface area contributed by atoms with Gasteiger partial charge in [0.15, 0.2) is 5.76 Å². The molecule has 1 heterocycles. The molecule has 3 heteroatoms. The van der Waals surface area contributed by atoms with Gasteiger partial charge >= 0.3 is 0 Å². The van der Waals surface area contributed by atoms with E-state index in [0.29, 0.717) is 12.2 Å². The van der Waals surface area contributed by atoms with Crippen molar-refractivity contribution in [2.45, 2.75) is 24.9 Å². The van der Waals surface area contributed by atoms with Crippen LogP contribution in [0.2, 0.25) is 0 Å². The number of benzene rings is 1. The van der Waals surface area contributed by atoms with Crippen molar-refractivity contribution in [3.63, 3.8) is 0 Å². The lowest BCUT2D eigenvalue weighted by molar-refractivity contribution is 0.0382. The van der Waals surface area contributed by atoms with Gasteiger partial charge in [-0.05, 0) is 52.4 Å². The lowest BCUT2D eigenvalue weighted by Gasteiger charge is -2.33. The summed E-state index contributed by atoms with van der Waals surface area (Å²) >= 11 is 3.44. The van der Waals surface area contributed by atoms with Crippen LogP contribution in [0.4, 0.5) is 0 Å². The highest BCUT2D eigenvalue weighted by Crippen LogP contribution is 2.43. The maximum atomic E-state index is 10.9. The summed E-state index contributed by atoms with van der Waals surface area (Å²) in [7, 11) is 0. The average Bonchev–Trinajstić information content (AvgIpc) is 2.77. The lowest BCUT2D eigenvalue weighted by Crippen LogP contribution is -2.31. The zero-order chi connectivity index (χ0) is 11.9. The maximum absolute atomic E-state index is 10.9. The minimum absolute atomic E-state index is 0.615. The van der Waals surface area contributed by atoms with Crippen molar-refractivity contribution in [1.29, 1.82) is 0 Å². The topological polar surface area (TPSA) is 33.4 Å². The third-order valence-electron chi connectivity index (χ3n) is 3.44. The monoisotopic (exact) mass is 292 g/mol. The molecule has 0 aliphatic heterocycles. The highest BCUT2D eigenvalue weighted by Gasteiger charge is 2.39. The van der Waals surface area contributed by atoms with E-state index in [1.165, 1.54) is 5.56 Å². The van der Waals surface area contributed by atoms with Crippen LogP contribution in [-0.2, 0) is 12.0 Å². The van der Waals surface area contributed by atoms with E-state index < -0.39 is 5.60 Å². The summed E-state index contributed by atoms with van der Waals surface area (Å²) in [6.07, 6.45) is 4.31. The molecule has 1 aromatic heterocycles. The van der Waals surface area contributed by atoms with Crippen LogP contribution in [0.1, 0.15) is 29.7 Å². The van der Waals surface area contributed by atoms with Crippen molar-refractivity contribution in [3.05, 3.63) is 58.0 Å². The van der Waals surface area contributed by atoms with E-state index in [9.17, 15) is 5.11 Å². The molecule has 0 saturated carbocycles. The Morgan fingerprint density at radius 1 is 1.24 bits per heavy atom. The first-order valence-electron chi connectivity index (χ1n) is 5.76. The number of furan rings is 1. The van der Waals surface area contributed by atoms with Gasteiger partial charge < -0.3 is 9.52 Å². The molecule has 1 aliphatic rings. The van der Waals surface area contributed by atoms with Crippen LogP contribution < -0.4 is 0 Å². The van der Waals surface area contributed by atoms with Gasteiger partial charge in [-0.1, -0.05) is 24.3 Å². The minimum atomic E-state index is -0.989. The zero-order valence-corrected chi connectivity index (χ0v) is 10.9. The van der Waals surface area contributed by atoms with Crippen molar-refractivity contribution < 1.29 is 9.52 Å². The van der Waals surface area contributed by atoms with E-state index in [1.54, 1.807) is 6.26 Å². The molecular weight excluding hydrogens is 280 g/mol. The molecule has 17 heavy (non-hydrogen) atoms. The quantitative estimate of drug-likeness (QED) is 0.871. The number of hydrogen-bond acceptors (Lipinski definition) is 2. The first kappa shape index (κ1) is 11.1. The van der Waals surface area contributed by atoms with Crippen LogP contribution in [0.25, 0.3) is 0 Å². The standard InChI is InChI=1S/C14H13BrO2/c15-12-7-9-17-13(12)14(16)8-3-5-10-4-1-2-6-11(10)14/h1-2,4,6-7,9,16H,3,5,8H2. The zero-order valence-electron chi connectivity index (χ0n) is 9.32. The van der Waals surface area contributed by atoms with E-state index in [-0.39, 0.29) is 0 Å². The van der Waals surface area contributed by atoms with Crippen molar-refractivity contribution in [1.82, 2.24) is 0 Å². The maximum Gasteiger partial charge on any atom is 0.154 e. The van der Waals surface area contributed by atoms with Crippen molar-refractivity contribution >= 4 is 15.9 Å². The van der Waals surface area contributed by atoms with Gasteiger partial charge in [0.2, 0.25) is 0 Å². The first-order chi connectivity index (χ1) is 8.22. The molecule has 1 unspecified atom stereocenters. The highest BCUT2D eigenvalue weighted by atomic mass is 79.9. The number of halogens is 1. The van der Waals surface area contributed by atoms with Crippen LogP contribution in [-0.4, -0.2) is 5.11 Å². The largest absolute Gasteiger partial charge is 0.465 e. The summed E-state index contributed by atoms with van der Waals surface area (Å²) in [6, 6.07) is 9.87. The Hall–Kier alpha value is -1.06. The van der Waals surface area contributed by atoms with Gasteiger partial charge in [-0.15, -0.1) is 0 Å². The van der Waals surface area contributed by atoms with E-state index in [1.807, 2.05) is 24.3 Å². The Labute approximate surface area is 108 Å². The summed E-state index contributed by atoms with van der Waals surface area (Å²) < 4.78 is 6.30. The molecule has 0 fully saturated rings. The molecule has 1 aliphatic carbocycles. The van der Waals surface area contributed by atoms with Crippen molar-refractivity contribution in [3.8, 4) is 0 Å². The fourth-order valence-electron chi connectivity index (χ4n) is 2.64. The van der Waals surface area contributed by atoms with Crippen LogP contribution >= 0.6 is 15.9 Å². The second-order valence-electron chi connectivity index (χ2n) is 4.47. The third kappa shape index (κ3) is 1.65. The van der Waals surface area contributed by atoms with Gasteiger partial charge in [0, 0.05) is 0 Å². The van der Waals surface area contributed by atoms with Gasteiger partial charge in [0.1, 0.15) is 5.60 Å². The van der Waals surface area contributed by atoms with Crippen molar-refractivity contribution in [2.24, 2.45) is 0 Å². The normalized spacial score (nSPS) is 23.4. The molecule has 2 aromatic rings. The predicted octanol–water partition coefficient (Wildman–Crippen LogP) is 3.61. The molecule has 1 N–H and O–H groups in total. The number of hydrogen-bond donors (Lipinski definition) is 1.